The van der Waals surface area contributed by atoms with Crippen molar-refractivity contribution in [2.75, 3.05) is 5.17 Å². The lowest BCUT2D eigenvalue weighted by molar-refractivity contribution is -0.318. The molecule has 3 aliphatic rings. The average molecular weight is 235 g/mol. The predicted molar refractivity (Wildman–Crippen MR) is 46.6 cm³/mol. The van der Waals surface area contributed by atoms with Gasteiger partial charge in [-0.05, 0) is 12.1 Å². The Hall–Kier alpha value is -0.620. The summed E-state index contributed by atoms with van der Waals surface area (Å²) in [4.78, 5) is 0. The van der Waals surface area contributed by atoms with E-state index < -0.39 is 7.82 Å². The van der Waals surface area contributed by atoms with Crippen molar-refractivity contribution in [3.63, 3.8) is 0 Å². The summed E-state index contributed by atoms with van der Waals surface area (Å²) >= 11 is 5.88. The van der Waals surface area contributed by atoms with Gasteiger partial charge in [0.05, 0.1) is 10.4 Å². The van der Waals surface area contributed by atoms with E-state index in [2.05, 4.69) is 9.25 Å². The minimum absolute atomic E-state index is 0.444. The Bertz CT molecular complexity index is 432. The number of rotatable bonds is 1. The van der Waals surface area contributed by atoms with Gasteiger partial charge in [-0.3, -0.25) is 0 Å². The maximum atomic E-state index is 11.2. The third-order valence-electron chi connectivity index (χ3n) is 1.72. The van der Waals surface area contributed by atoms with Crippen LogP contribution in [0.2, 0.25) is 5.02 Å². The maximum Gasteiger partial charge on any atom is 0.538 e. The second kappa shape index (κ2) is 2.70. The molecule has 0 radical (unpaired) electrons. The average Bonchev–Trinajstić information content (AvgIpc) is 2.58. The first-order chi connectivity index (χ1) is 6.68. The number of hydrogen-bond donors (Lipinski definition) is 0. The molecule has 0 aliphatic carbocycles. The lowest BCUT2D eigenvalue weighted by Crippen LogP contribution is -2.34. The minimum atomic E-state index is -3.35. The molecular weight excluding hydrogens is 231 g/mol. The van der Waals surface area contributed by atoms with Gasteiger partial charge in [0.2, 0.25) is 0 Å². The molecule has 6 nitrogen and oxygen atoms in total. The highest BCUT2D eigenvalue weighted by atomic mass is 35.5. The van der Waals surface area contributed by atoms with Crippen LogP contribution in [0.5, 0.6) is 0 Å². The summed E-state index contributed by atoms with van der Waals surface area (Å²) in [5, 5.41) is 2.42. The fourth-order valence-electron chi connectivity index (χ4n) is 1.14. The Morgan fingerprint density at radius 2 is 1.93 bits per heavy atom. The van der Waals surface area contributed by atoms with Crippen LogP contribution in [0.25, 0.3) is 0 Å². The third-order valence-corrected chi connectivity index (χ3v) is 3.08. The summed E-state index contributed by atoms with van der Waals surface area (Å²) in [6.45, 7) is 0. The van der Waals surface area contributed by atoms with Gasteiger partial charge in [0.1, 0.15) is 5.69 Å². The van der Waals surface area contributed by atoms with Gasteiger partial charge in [0.25, 0.3) is 0 Å². The van der Waals surface area contributed by atoms with E-state index in [0.717, 1.165) is 10.5 Å². The second-order valence-electron chi connectivity index (χ2n) is 2.65. The molecule has 0 spiro atoms. The molecule has 3 heterocycles. The normalized spacial score (nSPS) is 34.4. The minimum Gasteiger partial charge on any atom is -0.222 e. The van der Waals surface area contributed by atoms with E-state index in [4.69, 9.17) is 16.2 Å². The fourth-order valence-corrected chi connectivity index (χ4v) is 2.23. The monoisotopic (exact) mass is 234 g/mol. The number of para-hydroxylation sites is 1. The maximum absolute atomic E-state index is 11.2. The summed E-state index contributed by atoms with van der Waals surface area (Å²) in [7, 11) is -3.35. The Labute approximate surface area is 84.0 Å². The van der Waals surface area contributed by atoms with Crippen molar-refractivity contribution in [3.05, 3.63) is 29.3 Å². The molecule has 0 atom stereocenters. The molecule has 1 aromatic carbocycles. The van der Waals surface area contributed by atoms with Gasteiger partial charge < -0.3 is 0 Å². The molecule has 0 N–H and O–H groups in total. The van der Waals surface area contributed by atoms with Crippen LogP contribution in [0.3, 0.4) is 0 Å². The summed E-state index contributed by atoms with van der Waals surface area (Å²) in [6, 6.07) is 6.89. The van der Waals surface area contributed by atoms with Crippen molar-refractivity contribution in [1.29, 1.82) is 0 Å². The van der Waals surface area contributed by atoms with E-state index in [-0.39, 0.29) is 0 Å². The lowest BCUT2D eigenvalue weighted by Gasteiger charge is -2.21. The van der Waals surface area contributed by atoms with Crippen molar-refractivity contribution < 1.29 is 18.4 Å². The number of hydrogen-bond acceptors (Lipinski definition) is 6. The van der Waals surface area contributed by atoms with E-state index in [1.54, 1.807) is 24.3 Å². The van der Waals surface area contributed by atoms with Gasteiger partial charge >= 0.3 is 7.82 Å². The summed E-state index contributed by atoms with van der Waals surface area (Å²) in [5.74, 6) is 0. The standard InChI is InChI=1S/C6H4ClN2O4P/c7-5-3-1-2-4-6(5)8-9-12-14(10,11-8)13-9/h1-4H. The molecule has 3 saturated heterocycles. The molecule has 8 heteroatoms. The van der Waals surface area contributed by atoms with Gasteiger partial charge in [-0.15, -0.1) is 19.0 Å². The highest BCUT2D eigenvalue weighted by molar-refractivity contribution is 7.49. The zero-order chi connectivity index (χ0) is 9.76. The van der Waals surface area contributed by atoms with E-state index in [1.165, 1.54) is 0 Å². The van der Waals surface area contributed by atoms with Gasteiger partial charge in [-0.1, -0.05) is 23.7 Å². The molecule has 0 saturated carbocycles. The van der Waals surface area contributed by atoms with Gasteiger partial charge in [-0.2, -0.15) is 0 Å². The van der Waals surface area contributed by atoms with E-state index in [9.17, 15) is 4.57 Å². The van der Waals surface area contributed by atoms with E-state index in [0.29, 0.717) is 10.7 Å². The smallest absolute Gasteiger partial charge is 0.222 e. The zero-order valence-corrected chi connectivity index (χ0v) is 8.31. The number of nitrogens with zero attached hydrogens (tertiary/aromatic N) is 2. The van der Waals surface area contributed by atoms with Crippen molar-refractivity contribution in [1.82, 2.24) is 5.34 Å². The number of anilines is 1. The molecule has 0 amide bonds. The van der Waals surface area contributed by atoms with Gasteiger partial charge in [0.15, 0.2) is 0 Å². The molecule has 1 aromatic rings. The number of phosphoric acid groups is 1. The van der Waals surface area contributed by atoms with Crippen molar-refractivity contribution in [2.24, 2.45) is 0 Å². The molecule has 3 fully saturated rings. The van der Waals surface area contributed by atoms with Crippen LogP contribution in [-0.4, -0.2) is 5.34 Å². The fraction of sp³-hybridized carbons (Fsp3) is 0. The molecule has 0 aromatic heterocycles. The predicted octanol–water partition coefficient (Wildman–Crippen LogP) is 2.29. The van der Waals surface area contributed by atoms with E-state index >= 15 is 0 Å². The summed E-state index contributed by atoms with van der Waals surface area (Å²) < 4.78 is 25.4. The van der Waals surface area contributed by atoms with Crippen molar-refractivity contribution >= 4 is 25.1 Å². The van der Waals surface area contributed by atoms with E-state index in [1.807, 2.05) is 0 Å². The molecule has 3 aliphatic heterocycles. The summed E-state index contributed by atoms with van der Waals surface area (Å²) in [6.07, 6.45) is 0. The highest BCUT2D eigenvalue weighted by Crippen LogP contribution is 2.67. The first-order valence-electron chi connectivity index (χ1n) is 3.72. The first-order valence-corrected chi connectivity index (χ1v) is 5.56. The molecular formula is C6H4ClN2O4P. The number of hydrazine groups is 1. The van der Waals surface area contributed by atoms with Crippen LogP contribution in [0, 0.1) is 0 Å². The SMILES string of the molecule is O=P12ON(O1)N(c1ccccc1Cl)O2. The van der Waals surface area contributed by atoms with Crippen molar-refractivity contribution in [2.45, 2.75) is 0 Å². The zero-order valence-electron chi connectivity index (χ0n) is 6.66. The lowest BCUT2D eigenvalue weighted by atomic mass is 10.3. The Kier molecular flexibility index (Phi) is 1.67. The number of halogens is 1. The molecule has 0 unspecified atom stereocenters. The molecule has 14 heavy (non-hydrogen) atoms. The Morgan fingerprint density at radius 3 is 2.50 bits per heavy atom. The Morgan fingerprint density at radius 1 is 1.21 bits per heavy atom. The molecule has 74 valence electrons. The van der Waals surface area contributed by atoms with Gasteiger partial charge in [-0.25, -0.2) is 4.57 Å². The molecule has 4 rings (SSSR count). The number of benzene rings is 1. The summed E-state index contributed by atoms with van der Waals surface area (Å²) in [5.41, 5.74) is 0.504. The Balaban J connectivity index is 1.98. The van der Waals surface area contributed by atoms with Crippen LogP contribution >= 0.6 is 19.4 Å². The number of fused-ring (bicyclic) bond motifs is 1. The quantitative estimate of drug-likeness (QED) is 0.695. The second-order valence-corrected chi connectivity index (χ2v) is 4.45. The van der Waals surface area contributed by atoms with Crippen LogP contribution < -0.4 is 5.17 Å². The van der Waals surface area contributed by atoms with Crippen LogP contribution in [0.1, 0.15) is 0 Å². The van der Waals surface area contributed by atoms with Crippen LogP contribution in [0.4, 0.5) is 5.69 Å². The third kappa shape index (κ3) is 1.10. The topological polar surface area (TPSA) is 51.2 Å². The largest absolute Gasteiger partial charge is 0.538 e. The molecule has 2 bridgehead atoms. The van der Waals surface area contributed by atoms with Crippen LogP contribution in [-0.2, 0) is 18.4 Å². The highest BCUT2D eigenvalue weighted by Gasteiger charge is 2.60. The first kappa shape index (κ1) is 8.67. The van der Waals surface area contributed by atoms with Gasteiger partial charge in [0, 0.05) is 0 Å². The van der Waals surface area contributed by atoms with Crippen molar-refractivity contribution in [3.8, 4) is 0 Å². The van der Waals surface area contributed by atoms with Crippen LogP contribution in [0.15, 0.2) is 24.3 Å².